The molecular formula is C56H33N3O2. The van der Waals surface area contributed by atoms with Gasteiger partial charge in [0.1, 0.15) is 16.7 Å². The van der Waals surface area contributed by atoms with Crippen molar-refractivity contribution in [3.8, 4) is 28.2 Å². The van der Waals surface area contributed by atoms with Gasteiger partial charge >= 0.3 is 0 Å². The van der Waals surface area contributed by atoms with Crippen molar-refractivity contribution in [3.63, 3.8) is 0 Å². The summed E-state index contributed by atoms with van der Waals surface area (Å²) in [4.78, 5) is 0. The van der Waals surface area contributed by atoms with Gasteiger partial charge in [-0.05, 0) is 102 Å². The van der Waals surface area contributed by atoms with Crippen LogP contribution in [0.2, 0.25) is 0 Å². The molecule has 284 valence electrons. The Labute approximate surface area is 348 Å². The Morgan fingerprint density at radius 3 is 1.34 bits per heavy atom. The molecule has 9 aromatic carbocycles. The van der Waals surface area contributed by atoms with Crippen molar-refractivity contribution >= 4 is 98.5 Å². The number of furan rings is 2. The minimum absolute atomic E-state index is 0.867. The molecule has 0 fully saturated rings. The first-order chi connectivity index (χ1) is 30.2. The topological polar surface area (TPSA) is 41.1 Å². The molecule has 0 radical (unpaired) electrons. The molecule has 0 aliphatic carbocycles. The van der Waals surface area contributed by atoms with Crippen molar-refractivity contribution in [2.24, 2.45) is 0 Å². The molecule has 0 spiro atoms. The molecule has 5 aromatic heterocycles. The maximum absolute atomic E-state index is 6.53. The fourth-order valence-corrected chi connectivity index (χ4v) is 10.2. The zero-order valence-corrected chi connectivity index (χ0v) is 32.7. The average Bonchev–Trinajstić information content (AvgIpc) is 4.12. The van der Waals surface area contributed by atoms with Gasteiger partial charge in [-0.25, -0.2) is 0 Å². The molecule has 0 atom stereocenters. The molecule has 0 saturated heterocycles. The van der Waals surface area contributed by atoms with Gasteiger partial charge in [-0.2, -0.15) is 0 Å². The van der Waals surface area contributed by atoms with Crippen LogP contribution >= 0.6 is 0 Å². The quantitative estimate of drug-likeness (QED) is 0.178. The van der Waals surface area contributed by atoms with Crippen LogP contribution in [0.25, 0.3) is 127 Å². The maximum atomic E-state index is 6.53. The largest absolute Gasteiger partial charge is 0.456 e. The second-order valence-electron chi connectivity index (χ2n) is 16.1. The third-order valence-corrected chi connectivity index (χ3v) is 12.9. The van der Waals surface area contributed by atoms with Crippen LogP contribution in [0.1, 0.15) is 0 Å². The Hall–Kier alpha value is -8.28. The highest BCUT2D eigenvalue weighted by Gasteiger charge is 2.20. The van der Waals surface area contributed by atoms with Crippen LogP contribution in [0.3, 0.4) is 0 Å². The summed E-state index contributed by atoms with van der Waals surface area (Å²) in [6.07, 6.45) is 0. The van der Waals surface area contributed by atoms with E-state index in [0.29, 0.717) is 0 Å². The van der Waals surface area contributed by atoms with Crippen molar-refractivity contribution in [3.05, 3.63) is 200 Å². The molecule has 0 aliphatic heterocycles. The van der Waals surface area contributed by atoms with Crippen LogP contribution in [-0.4, -0.2) is 13.7 Å². The summed E-state index contributed by atoms with van der Waals surface area (Å²) in [5.74, 6) is 0. The standard InChI is InChI=1S/C56H33N3O2/c1-6-16-47-39(11-1)45-31-34(35-22-30-51-46(32-35)40-12-2-7-17-48(40)58(51)38-27-28-42-41-13-4-9-19-52(41)60-54(42)33-38)21-29-50(45)57(47)36-23-25-37(26-24-36)59-49-18-8-3-14-43(49)55-44-15-5-10-20-53(44)61-56(55)59/h1-33H. The highest BCUT2D eigenvalue weighted by atomic mass is 16.3. The summed E-state index contributed by atoms with van der Waals surface area (Å²) >= 11 is 0. The van der Waals surface area contributed by atoms with E-state index in [1.165, 1.54) is 54.6 Å². The molecule has 14 rings (SSSR count). The minimum atomic E-state index is 0.867. The summed E-state index contributed by atoms with van der Waals surface area (Å²) in [7, 11) is 0. The fourth-order valence-electron chi connectivity index (χ4n) is 10.2. The molecule has 0 saturated carbocycles. The maximum Gasteiger partial charge on any atom is 0.213 e. The molecule has 61 heavy (non-hydrogen) atoms. The average molecular weight is 780 g/mol. The van der Waals surface area contributed by atoms with E-state index in [-0.39, 0.29) is 0 Å². The molecule has 5 heterocycles. The number of aromatic nitrogens is 3. The Morgan fingerprint density at radius 2 is 0.705 bits per heavy atom. The zero-order valence-electron chi connectivity index (χ0n) is 32.7. The highest BCUT2D eigenvalue weighted by molar-refractivity contribution is 6.20. The lowest BCUT2D eigenvalue weighted by Gasteiger charge is -2.11. The van der Waals surface area contributed by atoms with Crippen LogP contribution in [-0.2, 0) is 0 Å². The second kappa shape index (κ2) is 12.1. The van der Waals surface area contributed by atoms with Crippen LogP contribution in [0.4, 0.5) is 0 Å². The Kier molecular flexibility index (Phi) is 6.49. The third-order valence-electron chi connectivity index (χ3n) is 12.9. The first-order valence-corrected chi connectivity index (χ1v) is 20.8. The lowest BCUT2D eigenvalue weighted by atomic mass is 10.0. The Balaban J connectivity index is 0.889. The van der Waals surface area contributed by atoms with Crippen LogP contribution in [0, 0.1) is 0 Å². The molecule has 5 heteroatoms. The molecule has 0 unspecified atom stereocenters. The fraction of sp³-hybridized carbons (Fsp3) is 0. The van der Waals surface area contributed by atoms with Gasteiger partial charge in [-0.3, -0.25) is 4.57 Å². The number of rotatable bonds is 4. The summed E-state index contributed by atoms with van der Waals surface area (Å²) in [5.41, 5.74) is 15.0. The first-order valence-electron chi connectivity index (χ1n) is 20.8. The number of benzene rings is 9. The van der Waals surface area contributed by atoms with E-state index in [2.05, 4.69) is 190 Å². The van der Waals surface area contributed by atoms with Gasteiger partial charge in [-0.15, -0.1) is 0 Å². The van der Waals surface area contributed by atoms with Gasteiger partial charge in [0.15, 0.2) is 0 Å². The van der Waals surface area contributed by atoms with Crippen LogP contribution in [0.5, 0.6) is 0 Å². The van der Waals surface area contributed by atoms with E-state index in [4.69, 9.17) is 8.83 Å². The van der Waals surface area contributed by atoms with Gasteiger partial charge in [0.05, 0.1) is 33.0 Å². The van der Waals surface area contributed by atoms with E-state index in [0.717, 1.165) is 72.1 Å². The number of nitrogens with zero attached hydrogens (tertiary/aromatic N) is 3. The Bertz CT molecular complexity index is 4110. The predicted octanol–water partition coefficient (Wildman–Crippen LogP) is 15.3. The SMILES string of the molecule is c1ccc2c(c1)oc1cc(-n3c4ccccc4c4cc(-c5ccc6c(c5)c5ccccc5n6-c5ccc(-n6c7ccccc7c7c8ccccc8oc76)cc5)ccc43)ccc12. The minimum Gasteiger partial charge on any atom is -0.456 e. The lowest BCUT2D eigenvalue weighted by Crippen LogP contribution is -1.97. The third kappa shape index (κ3) is 4.55. The van der Waals surface area contributed by atoms with Gasteiger partial charge in [-0.1, -0.05) is 103 Å². The van der Waals surface area contributed by atoms with E-state index in [9.17, 15) is 0 Å². The Morgan fingerprint density at radius 1 is 0.262 bits per heavy atom. The number of fused-ring (bicyclic) bond motifs is 14. The second-order valence-corrected chi connectivity index (χ2v) is 16.1. The van der Waals surface area contributed by atoms with E-state index in [1.807, 2.05) is 24.3 Å². The number of para-hydroxylation sites is 5. The smallest absolute Gasteiger partial charge is 0.213 e. The molecule has 0 N–H and O–H groups in total. The zero-order chi connectivity index (χ0) is 39.8. The summed E-state index contributed by atoms with van der Waals surface area (Å²) < 4.78 is 19.9. The summed E-state index contributed by atoms with van der Waals surface area (Å²) in [6, 6.07) is 71.9. The number of hydrogen-bond acceptors (Lipinski definition) is 2. The summed E-state index contributed by atoms with van der Waals surface area (Å²) in [6.45, 7) is 0. The van der Waals surface area contributed by atoms with Gasteiger partial charge in [0.2, 0.25) is 5.71 Å². The van der Waals surface area contributed by atoms with Gasteiger partial charge < -0.3 is 18.0 Å². The van der Waals surface area contributed by atoms with Crippen molar-refractivity contribution < 1.29 is 8.83 Å². The molecule has 0 aliphatic rings. The monoisotopic (exact) mass is 779 g/mol. The van der Waals surface area contributed by atoms with E-state index < -0.39 is 0 Å². The molecule has 0 amide bonds. The van der Waals surface area contributed by atoms with E-state index in [1.54, 1.807) is 0 Å². The molecule has 14 aromatic rings. The van der Waals surface area contributed by atoms with Crippen molar-refractivity contribution in [2.45, 2.75) is 0 Å². The molecule has 5 nitrogen and oxygen atoms in total. The van der Waals surface area contributed by atoms with Crippen molar-refractivity contribution in [1.29, 1.82) is 0 Å². The van der Waals surface area contributed by atoms with Crippen molar-refractivity contribution in [2.75, 3.05) is 0 Å². The normalized spacial score (nSPS) is 12.3. The first kappa shape index (κ1) is 32.7. The highest BCUT2D eigenvalue weighted by Crippen LogP contribution is 2.41. The van der Waals surface area contributed by atoms with Crippen LogP contribution < -0.4 is 0 Å². The lowest BCUT2D eigenvalue weighted by molar-refractivity contribution is 0.645. The molecule has 0 bridgehead atoms. The number of hydrogen-bond donors (Lipinski definition) is 0. The predicted molar refractivity (Wildman–Crippen MR) is 252 cm³/mol. The van der Waals surface area contributed by atoms with Crippen LogP contribution in [0.15, 0.2) is 209 Å². The van der Waals surface area contributed by atoms with E-state index >= 15 is 0 Å². The molecular weight excluding hydrogens is 747 g/mol. The van der Waals surface area contributed by atoms with Crippen molar-refractivity contribution in [1.82, 2.24) is 13.7 Å². The summed E-state index contributed by atoms with van der Waals surface area (Å²) in [5, 5.41) is 10.6. The van der Waals surface area contributed by atoms with Gasteiger partial charge in [0.25, 0.3) is 0 Å². The van der Waals surface area contributed by atoms with Gasteiger partial charge in [0, 0.05) is 66.2 Å².